The standard InChI is InChI=1S/C23H32/c1-8-18(17-13-10-9-11-14-17)19-15-12-16-20(22(2,3)4)21(19)23(5,6)7/h9-16,18H,8H2,1-7H3. The monoisotopic (exact) mass is 308 g/mol. The first-order valence-electron chi connectivity index (χ1n) is 8.85. The predicted octanol–water partition coefficient (Wildman–Crippen LogP) is 6.82. The summed E-state index contributed by atoms with van der Waals surface area (Å²) >= 11 is 0. The largest absolute Gasteiger partial charge is 0.0645 e. The Morgan fingerprint density at radius 2 is 1.35 bits per heavy atom. The van der Waals surface area contributed by atoms with Crippen molar-refractivity contribution < 1.29 is 0 Å². The van der Waals surface area contributed by atoms with Crippen molar-refractivity contribution in [2.75, 3.05) is 0 Å². The van der Waals surface area contributed by atoms with E-state index in [9.17, 15) is 0 Å². The normalized spacial score (nSPS) is 13.9. The van der Waals surface area contributed by atoms with Crippen LogP contribution in [0.25, 0.3) is 0 Å². The van der Waals surface area contributed by atoms with E-state index < -0.39 is 0 Å². The number of hydrogen-bond donors (Lipinski definition) is 0. The summed E-state index contributed by atoms with van der Waals surface area (Å²) in [6.07, 6.45) is 1.13. The molecular formula is C23H32. The Morgan fingerprint density at radius 3 is 1.83 bits per heavy atom. The third kappa shape index (κ3) is 3.86. The first-order chi connectivity index (χ1) is 10.7. The van der Waals surface area contributed by atoms with Gasteiger partial charge in [-0.25, -0.2) is 0 Å². The molecule has 124 valence electrons. The molecule has 23 heavy (non-hydrogen) atoms. The highest BCUT2D eigenvalue weighted by molar-refractivity contribution is 5.48. The summed E-state index contributed by atoms with van der Waals surface area (Å²) in [7, 11) is 0. The van der Waals surface area contributed by atoms with E-state index in [1.165, 1.54) is 22.3 Å². The minimum absolute atomic E-state index is 0.140. The predicted molar refractivity (Wildman–Crippen MR) is 102 cm³/mol. The second-order valence-corrected chi connectivity index (χ2v) is 8.64. The molecule has 0 nitrogen and oxygen atoms in total. The van der Waals surface area contributed by atoms with E-state index in [0.717, 1.165) is 6.42 Å². The lowest BCUT2D eigenvalue weighted by Gasteiger charge is -2.34. The highest BCUT2D eigenvalue weighted by Crippen LogP contribution is 2.41. The van der Waals surface area contributed by atoms with Gasteiger partial charge in [0.15, 0.2) is 0 Å². The lowest BCUT2D eigenvalue weighted by molar-refractivity contribution is 0.520. The Hall–Kier alpha value is -1.56. The van der Waals surface area contributed by atoms with Crippen LogP contribution in [0.3, 0.4) is 0 Å². The Balaban J connectivity index is 2.71. The van der Waals surface area contributed by atoms with Gasteiger partial charge in [0, 0.05) is 5.92 Å². The summed E-state index contributed by atoms with van der Waals surface area (Å²) < 4.78 is 0. The van der Waals surface area contributed by atoms with Gasteiger partial charge in [0.2, 0.25) is 0 Å². The molecule has 0 aliphatic heterocycles. The second kappa shape index (κ2) is 6.51. The van der Waals surface area contributed by atoms with E-state index in [-0.39, 0.29) is 10.8 Å². The van der Waals surface area contributed by atoms with Crippen LogP contribution in [0.4, 0.5) is 0 Å². The van der Waals surface area contributed by atoms with Crippen LogP contribution in [-0.4, -0.2) is 0 Å². The smallest absolute Gasteiger partial charge is 0.00897 e. The van der Waals surface area contributed by atoms with E-state index in [0.29, 0.717) is 5.92 Å². The van der Waals surface area contributed by atoms with Crippen molar-refractivity contribution in [3.8, 4) is 0 Å². The molecule has 0 N–H and O–H groups in total. The maximum absolute atomic E-state index is 2.35. The van der Waals surface area contributed by atoms with Gasteiger partial charge in [-0.15, -0.1) is 0 Å². The topological polar surface area (TPSA) is 0 Å². The van der Waals surface area contributed by atoms with Gasteiger partial charge in [-0.05, 0) is 39.5 Å². The molecule has 0 saturated carbocycles. The van der Waals surface area contributed by atoms with Crippen LogP contribution in [0.1, 0.15) is 83.1 Å². The first-order valence-corrected chi connectivity index (χ1v) is 8.85. The zero-order chi connectivity index (χ0) is 17.3. The zero-order valence-corrected chi connectivity index (χ0v) is 15.9. The molecule has 0 fully saturated rings. The highest BCUT2D eigenvalue weighted by atomic mass is 14.3. The van der Waals surface area contributed by atoms with Gasteiger partial charge in [-0.1, -0.05) is 97.0 Å². The summed E-state index contributed by atoms with van der Waals surface area (Å²) in [5.41, 5.74) is 6.24. The summed E-state index contributed by atoms with van der Waals surface area (Å²) in [5, 5.41) is 0. The molecule has 0 saturated heterocycles. The molecule has 2 aromatic carbocycles. The molecule has 0 aliphatic carbocycles. The molecule has 2 rings (SSSR count). The fraction of sp³-hybridized carbons (Fsp3) is 0.478. The second-order valence-electron chi connectivity index (χ2n) is 8.64. The molecule has 0 heterocycles. The molecule has 0 aliphatic rings. The van der Waals surface area contributed by atoms with E-state index in [1.807, 2.05) is 0 Å². The van der Waals surface area contributed by atoms with Gasteiger partial charge in [-0.3, -0.25) is 0 Å². The van der Waals surface area contributed by atoms with Crippen molar-refractivity contribution in [3.63, 3.8) is 0 Å². The third-order valence-corrected chi connectivity index (χ3v) is 4.64. The minimum atomic E-state index is 0.140. The fourth-order valence-corrected chi connectivity index (χ4v) is 3.64. The molecule has 0 amide bonds. The van der Waals surface area contributed by atoms with Crippen molar-refractivity contribution >= 4 is 0 Å². The van der Waals surface area contributed by atoms with Gasteiger partial charge in [0.25, 0.3) is 0 Å². The van der Waals surface area contributed by atoms with Crippen LogP contribution in [0, 0.1) is 0 Å². The van der Waals surface area contributed by atoms with Gasteiger partial charge < -0.3 is 0 Å². The molecule has 0 heteroatoms. The van der Waals surface area contributed by atoms with Gasteiger partial charge in [0.1, 0.15) is 0 Å². The van der Waals surface area contributed by atoms with Crippen LogP contribution >= 0.6 is 0 Å². The van der Waals surface area contributed by atoms with E-state index >= 15 is 0 Å². The van der Waals surface area contributed by atoms with Crippen molar-refractivity contribution in [3.05, 3.63) is 70.8 Å². The van der Waals surface area contributed by atoms with E-state index in [1.54, 1.807) is 0 Å². The fourth-order valence-electron chi connectivity index (χ4n) is 3.64. The molecule has 0 radical (unpaired) electrons. The maximum Gasteiger partial charge on any atom is 0.00897 e. The quantitative estimate of drug-likeness (QED) is 0.583. The Labute approximate surface area is 143 Å². The van der Waals surface area contributed by atoms with Crippen molar-refractivity contribution in [2.24, 2.45) is 0 Å². The molecule has 0 aromatic heterocycles. The van der Waals surface area contributed by atoms with Crippen molar-refractivity contribution in [1.82, 2.24) is 0 Å². The van der Waals surface area contributed by atoms with E-state index in [4.69, 9.17) is 0 Å². The molecule has 2 aromatic rings. The molecule has 0 spiro atoms. The van der Waals surface area contributed by atoms with Gasteiger partial charge in [0.05, 0.1) is 0 Å². The summed E-state index contributed by atoms with van der Waals surface area (Å²) in [4.78, 5) is 0. The first kappa shape index (κ1) is 17.8. The molecule has 1 unspecified atom stereocenters. The number of rotatable bonds is 3. The Kier molecular flexibility index (Phi) is 5.04. The Bertz CT molecular complexity index is 636. The summed E-state index contributed by atoms with van der Waals surface area (Å²) in [6, 6.07) is 17.9. The van der Waals surface area contributed by atoms with Gasteiger partial charge in [-0.2, -0.15) is 0 Å². The number of benzene rings is 2. The van der Waals surface area contributed by atoms with Crippen LogP contribution in [0.5, 0.6) is 0 Å². The van der Waals surface area contributed by atoms with Crippen LogP contribution in [0.15, 0.2) is 48.5 Å². The van der Waals surface area contributed by atoms with Crippen molar-refractivity contribution in [1.29, 1.82) is 0 Å². The van der Waals surface area contributed by atoms with Gasteiger partial charge >= 0.3 is 0 Å². The summed E-state index contributed by atoms with van der Waals surface area (Å²) in [6.45, 7) is 16.3. The third-order valence-electron chi connectivity index (χ3n) is 4.64. The average molecular weight is 309 g/mol. The molecular weight excluding hydrogens is 276 g/mol. The SMILES string of the molecule is CCC(c1ccccc1)c1cccc(C(C)(C)C)c1C(C)(C)C. The van der Waals surface area contributed by atoms with Crippen LogP contribution < -0.4 is 0 Å². The lowest BCUT2D eigenvalue weighted by atomic mass is 9.70. The van der Waals surface area contributed by atoms with Crippen molar-refractivity contribution in [2.45, 2.75) is 71.6 Å². The lowest BCUT2D eigenvalue weighted by Crippen LogP contribution is -2.25. The van der Waals surface area contributed by atoms with Crippen LogP contribution in [0.2, 0.25) is 0 Å². The molecule has 0 bridgehead atoms. The zero-order valence-electron chi connectivity index (χ0n) is 15.9. The maximum atomic E-state index is 2.35. The van der Waals surface area contributed by atoms with E-state index in [2.05, 4.69) is 97.0 Å². The average Bonchev–Trinajstić information content (AvgIpc) is 2.47. The Morgan fingerprint density at radius 1 is 0.739 bits per heavy atom. The summed E-state index contributed by atoms with van der Waals surface area (Å²) in [5.74, 6) is 0.465. The number of hydrogen-bond acceptors (Lipinski definition) is 0. The minimum Gasteiger partial charge on any atom is -0.0645 e. The van der Waals surface area contributed by atoms with Crippen LogP contribution in [-0.2, 0) is 10.8 Å². The molecule has 1 atom stereocenters. The highest BCUT2D eigenvalue weighted by Gasteiger charge is 2.29.